The van der Waals surface area contributed by atoms with Gasteiger partial charge in [0, 0.05) is 18.1 Å². The van der Waals surface area contributed by atoms with Crippen LogP contribution in [0.25, 0.3) is 5.95 Å². The van der Waals surface area contributed by atoms with Crippen molar-refractivity contribution in [1.82, 2.24) is 19.7 Å². The molecule has 0 aliphatic rings. The van der Waals surface area contributed by atoms with Crippen LogP contribution in [0.1, 0.15) is 5.69 Å². The van der Waals surface area contributed by atoms with E-state index in [2.05, 4.69) is 37.7 Å². The van der Waals surface area contributed by atoms with Gasteiger partial charge < -0.3 is 0 Å². The van der Waals surface area contributed by atoms with Gasteiger partial charge in [-0.3, -0.25) is 0 Å². The Balaban J connectivity index is 2.46. The number of hydrogen-bond acceptors (Lipinski definition) is 3. The normalized spacial score (nSPS) is 10.3. The van der Waals surface area contributed by atoms with Crippen molar-refractivity contribution in [1.29, 1.82) is 0 Å². The van der Waals surface area contributed by atoms with E-state index in [-0.39, 0.29) is 0 Å². The number of halogens is 1. The van der Waals surface area contributed by atoms with Crippen LogP contribution in [0.2, 0.25) is 0 Å². The molecule has 2 aromatic rings. The average molecular weight is 286 g/mol. The highest BCUT2D eigenvalue weighted by Gasteiger charge is 2.00. The Morgan fingerprint density at radius 2 is 2.31 bits per heavy atom. The van der Waals surface area contributed by atoms with Gasteiger partial charge in [-0.2, -0.15) is 5.10 Å². The van der Waals surface area contributed by atoms with E-state index in [1.807, 2.05) is 19.2 Å². The highest BCUT2D eigenvalue weighted by molar-refractivity contribution is 14.1. The van der Waals surface area contributed by atoms with E-state index in [4.69, 9.17) is 0 Å². The predicted molar refractivity (Wildman–Crippen MR) is 56.6 cm³/mol. The van der Waals surface area contributed by atoms with E-state index >= 15 is 0 Å². The van der Waals surface area contributed by atoms with Gasteiger partial charge >= 0.3 is 0 Å². The lowest BCUT2D eigenvalue weighted by Gasteiger charge is -1.98. The SMILES string of the molecule is Cc1ccnc(-n2cc(I)cn2)n1. The summed E-state index contributed by atoms with van der Waals surface area (Å²) < 4.78 is 2.73. The Morgan fingerprint density at radius 1 is 1.46 bits per heavy atom. The molecule has 0 bridgehead atoms. The van der Waals surface area contributed by atoms with Crippen LogP contribution in [-0.2, 0) is 0 Å². The second kappa shape index (κ2) is 3.41. The van der Waals surface area contributed by atoms with E-state index in [0.717, 1.165) is 9.26 Å². The van der Waals surface area contributed by atoms with Crippen molar-refractivity contribution < 1.29 is 0 Å². The number of aromatic nitrogens is 4. The summed E-state index contributed by atoms with van der Waals surface area (Å²) in [7, 11) is 0. The molecular weight excluding hydrogens is 279 g/mol. The lowest BCUT2D eigenvalue weighted by molar-refractivity contribution is 0.801. The molecule has 66 valence electrons. The second-order valence-corrected chi connectivity index (χ2v) is 3.85. The summed E-state index contributed by atoms with van der Waals surface area (Å²) in [6.07, 6.45) is 5.38. The van der Waals surface area contributed by atoms with E-state index in [9.17, 15) is 0 Å². The minimum Gasteiger partial charge on any atom is -0.220 e. The molecule has 0 saturated heterocycles. The van der Waals surface area contributed by atoms with E-state index in [1.54, 1.807) is 17.1 Å². The molecule has 5 heteroatoms. The van der Waals surface area contributed by atoms with Crippen molar-refractivity contribution in [3.63, 3.8) is 0 Å². The largest absolute Gasteiger partial charge is 0.250 e. The average Bonchev–Trinajstić information content (AvgIpc) is 2.52. The molecule has 0 fully saturated rings. The lowest BCUT2D eigenvalue weighted by Crippen LogP contribution is -2.01. The Hall–Kier alpha value is -0.980. The minimum atomic E-state index is 0.614. The lowest BCUT2D eigenvalue weighted by atomic mass is 10.5. The van der Waals surface area contributed by atoms with Crippen LogP contribution in [0.4, 0.5) is 0 Å². The number of nitrogens with zero attached hydrogens (tertiary/aromatic N) is 4. The molecule has 0 spiro atoms. The highest BCUT2D eigenvalue weighted by Crippen LogP contribution is 2.05. The molecule has 2 heterocycles. The summed E-state index contributed by atoms with van der Waals surface area (Å²) in [6, 6.07) is 1.86. The molecule has 2 aromatic heterocycles. The van der Waals surface area contributed by atoms with Gasteiger partial charge in [-0.15, -0.1) is 0 Å². The van der Waals surface area contributed by atoms with E-state index in [1.165, 1.54) is 0 Å². The van der Waals surface area contributed by atoms with Crippen LogP contribution >= 0.6 is 22.6 Å². The summed E-state index contributed by atoms with van der Waals surface area (Å²) in [5, 5.41) is 4.11. The quantitative estimate of drug-likeness (QED) is 0.747. The summed E-state index contributed by atoms with van der Waals surface area (Å²) in [5.74, 6) is 0.614. The van der Waals surface area contributed by atoms with Crippen LogP contribution < -0.4 is 0 Å². The number of rotatable bonds is 1. The zero-order valence-corrected chi connectivity index (χ0v) is 9.13. The van der Waals surface area contributed by atoms with Gasteiger partial charge in [-0.25, -0.2) is 14.6 Å². The minimum absolute atomic E-state index is 0.614. The number of aryl methyl sites for hydroxylation is 1. The van der Waals surface area contributed by atoms with Gasteiger partial charge in [0.05, 0.1) is 9.77 Å². The molecule has 0 aliphatic carbocycles. The van der Waals surface area contributed by atoms with E-state index < -0.39 is 0 Å². The van der Waals surface area contributed by atoms with Gasteiger partial charge in [0.1, 0.15) is 0 Å². The zero-order valence-electron chi connectivity index (χ0n) is 6.98. The Kier molecular flexibility index (Phi) is 2.26. The summed E-state index contributed by atoms with van der Waals surface area (Å²) in [4.78, 5) is 8.35. The standard InChI is InChI=1S/C8H7IN4/c1-6-2-3-10-8(12-6)13-5-7(9)4-11-13/h2-5H,1H3. The maximum Gasteiger partial charge on any atom is 0.250 e. The summed E-state index contributed by atoms with van der Waals surface area (Å²) in [5.41, 5.74) is 0.940. The van der Waals surface area contributed by atoms with Crippen molar-refractivity contribution in [2.24, 2.45) is 0 Å². The van der Waals surface area contributed by atoms with Gasteiger partial charge in [-0.05, 0) is 35.6 Å². The van der Waals surface area contributed by atoms with Crippen molar-refractivity contribution in [2.45, 2.75) is 6.92 Å². The van der Waals surface area contributed by atoms with Crippen LogP contribution in [-0.4, -0.2) is 19.7 Å². The molecule has 0 radical (unpaired) electrons. The Bertz CT molecular complexity index is 424. The Labute approximate surface area is 89.2 Å². The highest BCUT2D eigenvalue weighted by atomic mass is 127. The van der Waals surface area contributed by atoms with Crippen LogP contribution in [0.3, 0.4) is 0 Å². The zero-order chi connectivity index (χ0) is 9.26. The van der Waals surface area contributed by atoms with Crippen LogP contribution in [0.5, 0.6) is 0 Å². The third-order valence-electron chi connectivity index (χ3n) is 1.54. The first-order valence-corrected chi connectivity index (χ1v) is 4.84. The molecule has 2 rings (SSSR count). The number of hydrogen-bond donors (Lipinski definition) is 0. The molecule has 0 unspecified atom stereocenters. The molecule has 13 heavy (non-hydrogen) atoms. The van der Waals surface area contributed by atoms with Crippen LogP contribution in [0.15, 0.2) is 24.7 Å². The maximum atomic E-state index is 4.24. The first-order chi connectivity index (χ1) is 6.25. The predicted octanol–water partition coefficient (Wildman–Crippen LogP) is 1.58. The van der Waals surface area contributed by atoms with Crippen LogP contribution in [0, 0.1) is 10.5 Å². The Morgan fingerprint density at radius 3 is 2.92 bits per heavy atom. The topological polar surface area (TPSA) is 43.6 Å². The van der Waals surface area contributed by atoms with Crippen molar-refractivity contribution in [3.05, 3.63) is 33.9 Å². The van der Waals surface area contributed by atoms with Crippen molar-refractivity contribution in [3.8, 4) is 5.95 Å². The molecule has 0 amide bonds. The molecular formula is C8H7IN4. The van der Waals surface area contributed by atoms with Gasteiger partial charge in [-0.1, -0.05) is 0 Å². The molecule has 0 N–H and O–H groups in total. The third kappa shape index (κ3) is 1.85. The molecule has 0 atom stereocenters. The van der Waals surface area contributed by atoms with Crippen molar-refractivity contribution >= 4 is 22.6 Å². The fraction of sp³-hybridized carbons (Fsp3) is 0.125. The molecule has 4 nitrogen and oxygen atoms in total. The first kappa shape index (κ1) is 8.61. The van der Waals surface area contributed by atoms with Gasteiger partial charge in [0.15, 0.2) is 0 Å². The van der Waals surface area contributed by atoms with Gasteiger partial charge in [0.2, 0.25) is 0 Å². The summed E-state index contributed by atoms with van der Waals surface area (Å²) >= 11 is 2.20. The third-order valence-corrected chi connectivity index (χ3v) is 2.10. The fourth-order valence-electron chi connectivity index (χ4n) is 0.956. The molecule has 0 aliphatic heterocycles. The van der Waals surface area contributed by atoms with Gasteiger partial charge in [0.25, 0.3) is 5.95 Å². The molecule has 0 saturated carbocycles. The monoisotopic (exact) mass is 286 g/mol. The smallest absolute Gasteiger partial charge is 0.220 e. The molecule has 0 aromatic carbocycles. The fourth-order valence-corrected chi connectivity index (χ4v) is 1.34. The first-order valence-electron chi connectivity index (χ1n) is 3.76. The summed E-state index contributed by atoms with van der Waals surface area (Å²) in [6.45, 7) is 1.93. The maximum absolute atomic E-state index is 4.24. The van der Waals surface area contributed by atoms with Crippen molar-refractivity contribution in [2.75, 3.05) is 0 Å². The van der Waals surface area contributed by atoms with E-state index in [0.29, 0.717) is 5.95 Å². The second-order valence-electron chi connectivity index (χ2n) is 2.60.